The van der Waals surface area contributed by atoms with Crippen LogP contribution in [0.5, 0.6) is 0 Å². The third kappa shape index (κ3) is 16.9. The molecule has 0 aliphatic rings. The first-order valence-electron chi connectivity index (χ1n) is 12.5. The Bertz CT molecular complexity index is 846. The van der Waals surface area contributed by atoms with Crippen LogP contribution in [-0.2, 0) is 27.9 Å². The molecule has 0 atom stereocenters. The van der Waals surface area contributed by atoms with Crippen molar-refractivity contribution in [3.05, 3.63) is 29.8 Å². The van der Waals surface area contributed by atoms with Crippen LogP contribution >= 0.6 is 10.8 Å². The molecule has 0 aliphatic heterocycles. The van der Waals surface area contributed by atoms with Crippen LogP contribution in [0.4, 0.5) is 4.79 Å². The molecule has 11 heteroatoms. The zero-order valence-corrected chi connectivity index (χ0v) is 23.4. The molecule has 0 aromatic heterocycles. The van der Waals surface area contributed by atoms with Crippen LogP contribution in [0.1, 0.15) is 57.9 Å². The quantitative estimate of drug-likeness (QED) is 0.186. The van der Waals surface area contributed by atoms with Gasteiger partial charge in [0.05, 0.1) is 35.0 Å². The van der Waals surface area contributed by atoms with Gasteiger partial charge in [0, 0.05) is 26.3 Å². The van der Waals surface area contributed by atoms with Crippen molar-refractivity contribution in [3.63, 3.8) is 0 Å². The number of carbonyl (C=O) groups is 2. The number of amides is 2. The fraction of sp³-hybridized carbons (Fsp3) is 0.680. The van der Waals surface area contributed by atoms with E-state index in [1.54, 1.807) is 12.1 Å². The molecule has 0 spiro atoms. The van der Waals surface area contributed by atoms with E-state index in [0.29, 0.717) is 50.3 Å². The smallest absolute Gasteiger partial charge is 0.294 e. The minimum absolute atomic E-state index is 0.0559. The molecule has 0 heterocycles. The fourth-order valence-corrected chi connectivity index (χ4v) is 5.25. The zero-order valence-electron chi connectivity index (χ0n) is 21.8. The molecular weight excluding hydrogens is 504 g/mol. The SMILES string of the molecule is Cc1ccc(S(=O)(=O)SC(=O)NCCCCCOCCOCCCCCNC(=O)COC(C)C)cc1. The molecule has 9 nitrogen and oxygen atoms in total. The number of rotatable bonds is 20. The normalized spacial score (nSPS) is 11.6. The van der Waals surface area contributed by atoms with Crippen LogP contribution in [0.15, 0.2) is 29.2 Å². The number of aryl methyl sites for hydroxylation is 1. The lowest BCUT2D eigenvalue weighted by molar-refractivity contribution is -0.127. The summed E-state index contributed by atoms with van der Waals surface area (Å²) in [5, 5.41) is 4.90. The van der Waals surface area contributed by atoms with E-state index >= 15 is 0 Å². The van der Waals surface area contributed by atoms with Crippen molar-refractivity contribution in [1.82, 2.24) is 10.6 Å². The van der Waals surface area contributed by atoms with Gasteiger partial charge in [-0.1, -0.05) is 17.7 Å². The lowest BCUT2D eigenvalue weighted by atomic mass is 10.2. The van der Waals surface area contributed by atoms with Gasteiger partial charge < -0.3 is 24.8 Å². The molecule has 2 amide bonds. The van der Waals surface area contributed by atoms with Gasteiger partial charge >= 0.3 is 0 Å². The van der Waals surface area contributed by atoms with Gasteiger partial charge in [0.25, 0.3) is 5.24 Å². The maximum Gasteiger partial charge on any atom is 0.294 e. The molecule has 2 N–H and O–H groups in total. The molecule has 206 valence electrons. The molecule has 0 saturated heterocycles. The highest BCUT2D eigenvalue weighted by atomic mass is 33.1. The van der Waals surface area contributed by atoms with Crippen molar-refractivity contribution < 1.29 is 32.2 Å². The Morgan fingerprint density at radius 3 is 1.94 bits per heavy atom. The Hall–Kier alpha value is -1.66. The van der Waals surface area contributed by atoms with Crippen LogP contribution in [0.25, 0.3) is 0 Å². The molecule has 0 saturated carbocycles. The highest BCUT2D eigenvalue weighted by molar-refractivity contribution is 8.77. The van der Waals surface area contributed by atoms with Crippen molar-refractivity contribution in [3.8, 4) is 0 Å². The standard InChI is InChI=1S/C25H42N2O7S2/c1-21(2)34-20-24(28)26-14-6-4-8-16-32-18-19-33-17-9-5-7-15-27-25(29)35-36(30,31)23-12-10-22(3)11-13-23/h10-13,21H,4-9,14-20H2,1-3H3,(H,26,28)(H,27,29). The van der Waals surface area contributed by atoms with E-state index < -0.39 is 14.1 Å². The van der Waals surface area contributed by atoms with Crippen molar-refractivity contribution in [2.24, 2.45) is 0 Å². The van der Waals surface area contributed by atoms with Gasteiger partial charge in [0.15, 0.2) is 0 Å². The lowest BCUT2D eigenvalue weighted by Crippen LogP contribution is -2.29. The fourth-order valence-electron chi connectivity index (χ4n) is 2.93. The van der Waals surface area contributed by atoms with Crippen LogP contribution in [0.3, 0.4) is 0 Å². The molecule has 0 fully saturated rings. The van der Waals surface area contributed by atoms with Gasteiger partial charge in [0.1, 0.15) is 6.61 Å². The van der Waals surface area contributed by atoms with E-state index in [9.17, 15) is 18.0 Å². The first kappa shape index (κ1) is 32.4. The summed E-state index contributed by atoms with van der Waals surface area (Å²) < 4.78 is 40.8. The highest BCUT2D eigenvalue weighted by Crippen LogP contribution is 2.23. The Morgan fingerprint density at radius 1 is 0.833 bits per heavy atom. The van der Waals surface area contributed by atoms with Crippen LogP contribution < -0.4 is 10.6 Å². The first-order valence-corrected chi connectivity index (χ1v) is 15.3. The number of hydrogen-bond acceptors (Lipinski definition) is 8. The molecule has 1 rings (SSSR count). The predicted octanol–water partition coefficient (Wildman–Crippen LogP) is 4.04. The number of hydrogen-bond donors (Lipinski definition) is 2. The molecule has 0 unspecified atom stereocenters. The second-order valence-corrected chi connectivity index (χ2v) is 12.4. The average Bonchev–Trinajstić information content (AvgIpc) is 2.82. The molecule has 0 aliphatic carbocycles. The lowest BCUT2D eigenvalue weighted by Gasteiger charge is -2.08. The van der Waals surface area contributed by atoms with Gasteiger partial charge in [-0.3, -0.25) is 9.59 Å². The van der Waals surface area contributed by atoms with E-state index in [1.165, 1.54) is 12.1 Å². The number of unbranched alkanes of at least 4 members (excludes halogenated alkanes) is 4. The predicted molar refractivity (Wildman–Crippen MR) is 143 cm³/mol. The molecule has 0 bridgehead atoms. The summed E-state index contributed by atoms with van der Waals surface area (Å²) in [6.07, 6.45) is 5.38. The maximum atomic E-state index is 12.2. The largest absolute Gasteiger partial charge is 0.379 e. The Labute approximate surface area is 219 Å². The summed E-state index contributed by atoms with van der Waals surface area (Å²) in [4.78, 5) is 23.5. The Balaban J connectivity index is 1.87. The Morgan fingerprint density at radius 2 is 1.39 bits per heavy atom. The van der Waals surface area contributed by atoms with E-state index in [-0.39, 0.29) is 23.5 Å². The molecule has 1 aromatic carbocycles. The van der Waals surface area contributed by atoms with Gasteiger partial charge in [-0.2, -0.15) is 0 Å². The van der Waals surface area contributed by atoms with E-state index in [1.807, 2.05) is 20.8 Å². The maximum absolute atomic E-state index is 12.2. The van der Waals surface area contributed by atoms with Crippen molar-refractivity contribution >= 4 is 30.8 Å². The first-order chi connectivity index (χ1) is 17.2. The average molecular weight is 547 g/mol. The van der Waals surface area contributed by atoms with E-state index in [0.717, 1.165) is 44.1 Å². The van der Waals surface area contributed by atoms with Gasteiger partial charge in [-0.15, -0.1) is 0 Å². The molecule has 0 radical (unpaired) electrons. The van der Waals surface area contributed by atoms with Crippen molar-refractivity contribution in [2.45, 2.75) is 70.3 Å². The van der Waals surface area contributed by atoms with E-state index in [2.05, 4.69) is 10.6 Å². The van der Waals surface area contributed by atoms with Crippen LogP contribution in [0.2, 0.25) is 0 Å². The Kier molecular flexibility index (Phi) is 17.5. The van der Waals surface area contributed by atoms with E-state index in [4.69, 9.17) is 14.2 Å². The molecule has 36 heavy (non-hydrogen) atoms. The van der Waals surface area contributed by atoms with Crippen LogP contribution in [0, 0.1) is 6.92 Å². The summed E-state index contributed by atoms with van der Waals surface area (Å²) in [5.74, 6) is -0.0785. The van der Waals surface area contributed by atoms with Crippen LogP contribution in [-0.4, -0.2) is 71.8 Å². The zero-order chi connectivity index (χ0) is 26.7. The second kappa shape index (κ2) is 19.5. The molecular formula is C25H42N2O7S2. The minimum Gasteiger partial charge on any atom is -0.379 e. The summed E-state index contributed by atoms with van der Waals surface area (Å²) in [6, 6.07) is 6.42. The van der Waals surface area contributed by atoms with Gasteiger partial charge in [-0.25, -0.2) is 8.42 Å². The van der Waals surface area contributed by atoms with Gasteiger partial charge in [-0.05, 0) is 71.4 Å². The number of carbonyl (C=O) groups excluding carboxylic acids is 2. The van der Waals surface area contributed by atoms with Crippen molar-refractivity contribution in [2.75, 3.05) is 46.1 Å². The minimum atomic E-state index is -3.70. The van der Waals surface area contributed by atoms with Gasteiger partial charge in [0.2, 0.25) is 14.8 Å². The summed E-state index contributed by atoms with van der Waals surface area (Å²) in [5.41, 5.74) is 0.957. The highest BCUT2D eigenvalue weighted by Gasteiger charge is 2.20. The summed E-state index contributed by atoms with van der Waals surface area (Å²) in [7, 11) is -3.39. The van der Waals surface area contributed by atoms with Crippen molar-refractivity contribution in [1.29, 1.82) is 0 Å². The summed E-state index contributed by atoms with van der Waals surface area (Å²) >= 11 is 0. The monoisotopic (exact) mass is 546 g/mol. The summed E-state index contributed by atoms with van der Waals surface area (Å²) in [6.45, 7) is 9.23. The number of ether oxygens (including phenoxy) is 3. The molecule has 1 aromatic rings. The number of benzene rings is 1. The second-order valence-electron chi connectivity index (χ2n) is 8.62. The topological polar surface area (TPSA) is 120 Å². The third-order valence-electron chi connectivity index (χ3n) is 4.94. The number of nitrogens with one attached hydrogen (secondary N) is 2. The third-order valence-corrected chi connectivity index (χ3v) is 7.99.